The molecule has 0 saturated carbocycles. The van der Waals surface area contributed by atoms with E-state index in [9.17, 15) is 0 Å². The molecule has 18 heavy (non-hydrogen) atoms. The zero-order valence-corrected chi connectivity index (χ0v) is 12.9. The molecule has 0 atom stereocenters. The molecule has 2 rings (SSSR count). The van der Waals surface area contributed by atoms with Crippen LogP contribution < -0.4 is 5.32 Å². The summed E-state index contributed by atoms with van der Waals surface area (Å²) in [6.07, 6.45) is 1.83. The Morgan fingerprint density at radius 2 is 2.33 bits per heavy atom. The van der Waals surface area contributed by atoms with Gasteiger partial charge in [-0.15, -0.1) is 0 Å². The molecule has 1 aromatic carbocycles. The second-order valence-electron chi connectivity index (χ2n) is 3.57. The van der Waals surface area contributed by atoms with Crippen LogP contribution in [-0.4, -0.2) is 25.2 Å². The summed E-state index contributed by atoms with van der Waals surface area (Å²) in [7, 11) is 1.68. The van der Waals surface area contributed by atoms with E-state index in [2.05, 4.69) is 26.2 Å². The van der Waals surface area contributed by atoms with Crippen LogP contribution in [0.15, 0.2) is 28.9 Å². The van der Waals surface area contributed by atoms with E-state index in [1.54, 1.807) is 18.4 Å². The van der Waals surface area contributed by atoms with E-state index < -0.39 is 0 Å². The maximum atomic E-state index is 6.18. The molecular weight excluding hydrogens is 336 g/mol. The van der Waals surface area contributed by atoms with Gasteiger partial charge in [0.1, 0.15) is 0 Å². The molecule has 0 bridgehead atoms. The van der Waals surface area contributed by atoms with E-state index in [1.807, 2.05) is 24.4 Å². The first-order chi connectivity index (χ1) is 8.70. The number of ether oxygens (including phenoxy) is 1. The van der Waals surface area contributed by atoms with Gasteiger partial charge in [0, 0.05) is 34.9 Å². The number of benzene rings is 1. The quantitative estimate of drug-likeness (QED) is 0.820. The van der Waals surface area contributed by atoms with Crippen LogP contribution in [0, 0.1) is 0 Å². The lowest BCUT2D eigenvalue weighted by molar-refractivity contribution is 0.211. The molecule has 1 aromatic heterocycles. The van der Waals surface area contributed by atoms with Crippen LogP contribution in [0.3, 0.4) is 0 Å². The number of hydrogen-bond donors (Lipinski definition) is 1. The topological polar surface area (TPSA) is 34.1 Å². The third-order valence-corrected chi connectivity index (χ3v) is 4.09. The highest BCUT2D eigenvalue weighted by Crippen LogP contribution is 2.35. The molecule has 0 fully saturated rings. The van der Waals surface area contributed by atoms with Crippen molar-refractivity contribution in [1.29, 1.82) is 0 Å². The fourth-order valence-electron chi connectivity index (χ4n) is 1.43. The van der Waals surface area contributed by atoms with Crippen LogP contribution in [0.1, 0.15) is 0 Å². The highest BCUT2D eigenvalue weighted by atomic mass is 79.9. The Kier molecular flexibility index (Phi) is 5.00. The molecule has 2 aromatic rings. The van der Waals surface area contributed by atoms with Crippen molar-refractivity contribution in [3.8, 4) is 10.4 Å². The summed E-state index contributed by atoms with van der Waals surface area (Å²) in [6, 6.07) is 5.79. The summed E-state index contributed by atoms with van der Waals surface area (Å²) in [5, 5.41) is 4.80. The van der Waals surface area contributed by atoms with Gasteiger partial charge in [0.15, 0.2) is 5.13 Å². The van der Waals surface area contributed by atoms with E-state index in [1.165, 1.54) is 0 Å². The van der Waals surface area contributed by atoms with Crippen molar-refractivity contribution >= 4 is 44.0 Å². The molecule has 0 spiro atoms. The first kappa shape index (κ1) is 13.8. The second-order valence-corrected chi connectivity index (χ2v) is 5.93. The second kappa shape index (κ2) is 6.52. The largest absolute Gasteiger partial charge is 0.383 e. The van der Waals surface area contributed by atoms with Crippen molar-refractivity contribution in [3.05, 3.63) is 33.9 Å². The summed E-state index contributed by atoms with van der Waals surface area (Å²) in [4.78, 5) is 5.36. The summed E-state index contributed by atoms with van der Waals surface area (Å²) < 4.78 is 5.98. The van der Waals surface area contributed by atoms with E-state index in [-0.39, 0.29) is 0 Å². The monoisotopic (exact) mass is 346 g/mol. The van der Waals surface area contributed by atoms with Gasteiger partial charge in [0.05, 0.1) is 11.5 Å². The van der Waals surface area contributed by atoms with Gasteiger partial charge in [0.2, 0.25) is 0 Å². The van der Waals surface area contributed by atoms with E-state index in [0.717, 1.165) is 31.6 Å². The van der Waals surface area contributed by atoms with Gasteiger partial charge in [-0.3, -0.25) is 0 Å². The number of halogens is 2. The summed E-state index contributed by atoms with van der Waals surface area (Å²) in [6.45, 7) is 1.40. The molecule has 0 amide bonds. The van der Waals surface area contributed by atoms with E-state index in [4.69, 9.17) is 16.3 Å². The Labute approximate surface area is 123 Å². The Hall–Kier alpha value is -0.620. The molecule has 6 heteroatoms. The lowest BCUT2D eigenvalue weighted by Gasteiger charge is -2.02. The number of methoxy groups -OCH3 is 1. The van der Waals surface area contributed by atoms with Gasteiger partial charge in [-0.2, -0.15) is 0 Å². The average Bonchev–Trinajstić information content (AvgIpc) is 2.81. The van der Waals surface area contributed by atoms with Gasteiger partial charge in [-0.25, -0.2) is 4.98 Å². The lowest BCUT2D eigenvalue weighted by Crippen LogP contribution is -2.06. The van der Waals surface area contributed by atoms with Crippen molar-refractivity contribution in [3.63, 3.8) is 0 Å². The molecule has 0 radical (unpaired) electrons. The number of thiazole rings is 1. The minimum atomic E-state index is 0.659. The minimum Gasteiger partial charge on any atom is -0.383 e. The Morgan fingerprint density at radius 1 is 1.50 bits per heavy atom. The Balaban J connectivity index is 2.16. The zero-order chi connectivity index (χ0) is 13.0. The third-order valence-electron chi connectivity index (χ3n) is 2.28. The van der Waals surface area contributed by atoms with Crippen molar-refractivity contribution in [2.45, 2.75) is 0 Å². The van der Waals surface area contributed by atoms with Crippen LogP contribution in [0.5, 0.6) is 0 Å². The fourth-order valence-corrected chi connectivity index (χ4v) is 2.94. The fraction of sp³-hybridized carbons (Fsp3) is 0.250. The van der Waals surface area contributed by atoms with Gasteiger partial charge in [0.25, 0.3) is 0 Å². The number of nitrogens with zero attached hydrogens (tertiary/aromatic N) is 1. The lowest BCUT2D eigenvalue weighted by atomic mass is 10.2. The first-order valence-electron chi connectivity index (χ1n) is 5.35. The maximum Gasteiger partial charge on any atom is 0.183 e. The molecule has 0 saturated heterocycles. The SMILES string of the molecule is COCCNc1ncc(-c2cc(Br)ccc2Cl)s1. The maximum absolute atomic E-state index is 6.18. The third kappa shape index (κ3) is 3.45. The first-order valence-corrected chi connectivity index (χ1v) is 7.33. The predicted molar refractivity (Wildman–Crippen MR) is 80.6 cm³/mol. The van der Waals surface area contributed by atoms with E-state index in [0.29, 0.717) is 6.61 Å². The summed E-state index contributed by atoms with van der Waals surface area (Å²) in [5.41, 5.74) is 0.989. The van der Waals surface area contributed by atoms with Crippen LogP contribution in [0.4, 0.5) is 5.13 Å². The van der Waals surface area contributed by atoms with Gasteiger partial charge >= 0.3 is 0 Å². The number of anilines is 1. The molecule has 0 aliphatic rings. The van der Waals surface area contributed by atoms with Crippen LogP contribution in [0.25, 0.3) is 10.4 Å². The van der Waals surface area contributed by atoms with Crippen LogP contribution in [-0.2, 0) is 4.74 Å². The smallest absolute Gasteiger partial charge is 0.183 e. The van der Waals surface area contributed by atoms with Crippen LogP contribution >= 0.6 is 38.9 Å². The highest BCUT2D eigenvalue weighted by molar-refractivity contribution is 9.10. The number of hydrogen-bond acceptors (Lipinski definition) is 4. The molecule has 0 unspecified atom stereocenters. The predicted octanol–water partition coefficient (Wildman–Crippen LogP) is 4.28. The minimum absolute atomic E-state index is 0.659. The van der Waals surface area contributed by atoms with Crippen molar-refractivity contribution < 1.29 is 4.74 Å². The van der Waals surface area contributed by atoms with Crippen LogP contribution in [0.2, 0.25) is 5.02 Å². The standard InChI is InChI=1S/C12H12BrClN2OS/c1-17-5-4-15-12-16-7-11(18-12)9-6-8(13)2-3-10(9)14/h2-3,6-7H,4-5H2,1H3,(H,15,16). The molecular formula is C12H12BrClN2OS. The molecule has 0 aliphatic heterocycles. The normalized spacial score (nSPS) is 10.6. The molecule has 0 aliphatic carbocycles. The molecule has 1 heterocycles. The average molecular weight is 348 g/mol. The van der Waals surface area contributed by atoms with Crippen molar-refractivity contribution in [2.75, 3.05) is 25.6 Å². The number of aromatic nitrogens is 1. The highest BCUT2D eigenvalue weighted by Gasteiger charge is 2.08. The Morgan fingerprint density at radius 3 is 3.11 bits per heavy atom. The Bertz CT molecular complexity index is 533. The number of nitrogens with one attached hydrogen (secondary N) is 1. The summed E-state index contributed by atoms with van der Waals surface area (Å²) >= 11 is 11.2. The molecule has 96 valence electrons. The van der Waals surface area contributed by atoms with Gasteiger partial charge in [-0.05, 0) is 18.2 Å². The van der Waals surface area contributed by atoms with Gasteiger partial charge < -0.3 is 10.1 Å². The number of rotatable bonds is 5. The zero-order valence-electron chi connectivity index (χ0n) is 9.74. The van der Waals surface area contributed by atoms with Gasteiger partial charge in [-0.1, -0.05) is 38.9 Å². The molecule has 1 N–H and O–H groups in total. The van der Waals surface area contributed by atoms with Crippen molar-refractivity contribution in [2.24, 2.45) is 0 Å². The summed E-state index contributed by atoms with van der Waals surface area (Å²) in [5.74, 6) is 0. The van der Waals surface area contributed by atoms with Crippen molar-refractivity contribution in [1.82, 2.24) is 4.98 Å². The van der Waals surface area contributed by atoms with E-state index >= 15 is 0 Å². The molecule has 3 nitrogen and oxygen atoms in total.